The van der Waals surface area contributed by atoms with Gasteiger partial charge in [-0.25, -0.2) is 0 Å². The van der Waals surface area contributed by atoms with E-state index in [1.165, 1.54) is 18.2 Å². The molecule has 178 valence electrons. The lowest BCUT2D eigenvalue weighted by Crippen LogP contribution is -2.23. The second-order valence-electron chi connectivity index (χ2n) is 7.74. The number of hydrogen-bond acceptors (Lipinski definition) is 2. The molecule has 0 fully saturated rings. The van der Waals surface area contributed by atoms with Crippen LogP contribution in [-0.2, 0) is 6.54 Å². The number of halogens is 6. The van der Waals surface area contributed by atoms with Crippen molar-refractivity contribution >= 4 is 51.1 Å². The van der Waals surface area contributed by atoms with Crippen molar-refractivity contribution < 1.29 is 18.0 Å². The topological polar surface area (TPSA) is 42.0 Å². The zero-order valence-electron chi connectivity index (χ0n) is 18.2. The summed E-state index contributed by atoms with van der Waals surface area (Å²) in [6.07, 6.45) is -0.418. The zero-order chi connectivity index (χ0) is 25.0. The quantitative estimate of drug-likeness (QED) is 0.325. The molecule has 3 aromatic rings. The van der Waals surface area contributed by atoms with Gasteiger partial charge in [-0.05, 0) is 76.3 Å². The molecule has 1 heterocycles. The number of nitrogens with zero attached hydrogens (tertiary/aromatic N) is 1. The van der Waals surface area contributed by atoms with Gasteiger partial charge in [-0.15, -0.1) is 0 Å². The molecule has 2 aromatic carbocycles. The van der Waals surface area contributed by atoms with Crippen LogP contribution in [0.4, 0.5) is 13.2 Å². The molecule has 0 aliphatic rings. The normalized spacial score (nSPS) is 12.7. The van der Waals surface area contributed by atoms with E-state index < -0.39 is 12.1 Å². The van der Waals surface area contributed by atoms with Crippen LogP contribution in [0.5, 0.6) is 0 Å². The van der Waals surface area contributed by atoms with Crippen molar-refractivity contribution in [3.05, 3.63) is 103 Å². The Hall–Kier alpha value is -2.35. The Labute approximate surface area is 214 Å². The van der Waals surface area contributed by atoms with Gasteiger partial charge in [0.1, 0.15) is 0 Å². The number of nitrogens with one attached hydrogen (secondary N) is 1. The molecule has 1 aromatic heterocycles. The lowest BCUT2D eigenvalue weighted by atomic mass is 9.95. The van der Waals surface area contributed by atoms with Crippen molar-refractivity contribution in [1.82, 2.24) is 10.3 Å². The van der Waals surface area contributed by atoms with Crippen LogP contribution >= 0.6 is 39.1 Å². The summed E-state index contributed by atoms with van der Waals surface area (Å²) in [5, 5.41) is 3.10. The monoisotopic (exact) mass is 570 g/mol. The summed E-state index contributed by atoms with van der Waals surface area (Å²) < 4.78 is 41.8. The number of pyridine rings is 1. The van der Waals surface area contributed by atoms with Gasteiger partial charge in [-0.2, -0.15) is 13.2 Å². The molecule has 1 atom stereocenters. The number of carbonyl (C=O) groups is 1. The van der Waals surface area contributed by atoms with E-state index in [0.29, 0.717) is 27.7 Å². The SMILES string of the molecule is Cc1ccc(CNC(=O)c2ccc(/C=C/C(c3cc(C)c(Cl)c(Cl)c3)C(F)(F)F)cc2Br)cn1. The van der Waals surface area contributed by atoms with Crippen molar-refractivity contribution in [3.8, 4) is 0 Å². The van der Waals surface area contributed by atoms with Crippen LogP contribution in [0.25, 0.3) is 6.08 Å². The van der Waals surface area contributed by atoms with E-state index in [4.69, 9.17) is 23.2 Å². The van der Waals surface area contributed by atoms with Gasteiger partial charge >= 0.3 is 6.18 Å². The van der Waals surface area contributed by atoms with Crippen LogP contribution in [0.2, 0.25) is 10.0 Å². The fourth-order valence-corrected chi connectivity index (χ4v) is 4.21. The number of rotatable bonds is 6. The van der Waals surface area contributed by atoms with Crippen molar-refractivity contribution in [2.45, 2.75) is 32.5 Å². The van der Waals surface area contributed by atoms with E-state index in [2.05, 4.69) is 26.2 Å². The Balaban J connectivity index is 1.77. The smallest absolute Gasteiger partial charge is 0.348 e. The Morgan fingerprint density at radius 2 is 1.88 bits per heavy atom. The van der Waals surface area contributed by atoms with Gasteiger partial charge in [-0.3, -0.25) is 9.78 Å². The molecule has 0 spiro atoms. The second-order valence-corrected chi connectivity index (χ2v) is 9.38. The van der Waals surface area contributed by atoms with Gasteiger partial charge in [0.25, 0.3) is 5.91 Å². The molecule has 0 saturated carbocycles. The van der Waals surface area contributed by atoms with Gasteiger partial charge in [0.15, 0.2) is 0 Å². The average molecular weight is 572 g/mol. The van der Waals surface area contributed by atoms with Gasteiger partial charge in [-0.1, -0.05) is 53.6 Å². The summed E-state index contributed by atoms with van der Waals surface area (Å²) >= 11 is 15.3. The molecule has 3 rings (SSSR count). The molecular formula is C25H20BrCl2F3N2O. The maximum atomic E-state index is 13.8. The summed E-state index contributed by atoms with van der Waals surface area (Å²) in [5.41, 5.74) is 3.05. The summed E-state index contributed by atoms with van der Waals surface area (Å²) in [7, 11) is 0. The van der Waals surface area contributed by atoms with Crippen LogP contribution in [-0.4, -0.2) is 17.1 Å². The highest BCUT2D eigenvalue weighted by atomic mass is 79.9. The lowest BCUT2D eigenvalue weighted by molar-refractivity contribution is -0.139. The van der Waals surface area contributed by atoms with Crippen LogP contribution in [0.1, 0.15) is 44.2 Å². The Morgan fingerprint density at radius 3 is 2.47 bits per heavy atom. The van der Waals surface area contributed by atoms with E-state index in [1.54, 1.807) is 31.3 Å². The van der Waals surface area contributed by atoms with Crippen molar-refractivity contribution in [3.63, 3.8) is 0 Å². The molecule has 1 N–H and O–H groups in total. The highest BCUT2D eigenvalue weighted by Gasteiger charge is 2.39. The first-order valence-electron chi connectivity index (χ1n) is 10.2. The average Bonchev–Trinajstić information content (AvgIpc) is 2.76. The fraction of sp³-hybridized carbons (Fsp3) is 0.200. The standard InChI is InChI=1S/C25H20BrCl2F3N2O/c1-14-9-18(11-22(27)23(14)28)20(25(29,30)31)8-6-16-5-7-19(21(26)10-16)24(34)33-13-17-4-3-15(2)32-12-17/h3-12,20H,13H2,1-2H3,(H,33,34)/b8-6+. The first-order chi connectivity index (χ1) is 16.0. The third-order valence-corrected chi connectivity index (χ3v) is 6.64. The minimum absolute atomic E-state index is 0.00342. The Morgan fingerprint density at radius 1 is 1.15 bits per heavy atom. The highest BCUT2D eigenvalue weighted by molar-refractivity contribution is 9.10. The van der Waals surface area contributed by atoms with Gasteiger partial charge in [0.05, 0.1) is 21.5 Å². The number of aromatic nitrogens is 1. The van der Waals surface area contributed by atoms with E-state index in [9.17, 15) is 18.0 Å². The predicted octanol–water partition coefficient (Wildman–Crippen LogP) is 8.06. The van der Waals surface area contributed by atoms with Crippen molar-refractivity contribution in [2.75, 3.05) is 0 Å². The van der Waals surface area contributed by atoms with Crippen LogP contribution in [0.3, 0.4) is 0 Å². The number of benzene rings is 2. The maximum Gasteiger partial charge on any atom is 0.399 e. The molecule has 0 bridgehead atoms. The summed E-state index contributed by atoms with van der Waals surface area (Å²) in [4.78, 5) is 16.7. The molecule has 0 radical (unpaired) electrons. The van der Waals surface area contributed by atoms with Crippen LogP contribution < -0.4 is 5.32 Å². The number of amides is 1. The van der Waals surface area contributed by atoms with Gasteiger partial charge in [0, 0.05) is 22.9 Å². The maximum absolute atomic E-state index is 13.8. The molecule has 1 amide bonds. The summed E-state index contributed by atoms with van der Waals surface area (Å²) in [6.45, 7) is 3.78. The molecule has 3 nitrogen and oxygen atoms in total. The molecule has 0 saturated heterocycles. The first kappa shape index (κ1) is 26.3. The number of alkyl halides is 3. The van der Waals surface area contributed by atoms with Crippen molar-refractivity contribution in [1.29, 1.82) is 0 Å². The molecule has 9 heteroatoms. The zero-order valence-corrected chi connectivity index (χ0v) is 21.3. The Kier molecular flexibility index (Phi) is 8.44. The third kappa shape index (κ3) is 6.62. The lowest BCUT2D eigenvalue weighted by Gasteiger charge is -2.19. The van der Waals surface area contributed by atoms with E-state index in [0.717, 1.165) is 17.3 Å². The highest BCUT2D eigenvalue weighted by Crippen LogP contribution is 2.39. The third-order valence-electron chi connectivity index (χ3n) is 5.09. The molecule has 0 aliphatic heterocycles. The second kappa shape index (κ2) is 10.9. The summed E-state index contributed by atoms with van der Waals surface area (Å²) in [5.74, 6) is -2.19. The molecular weight excluding hydrogens is 552 g/mol. The largest absolute Gasteiger partial charge is 0.399 e. The number of hydrogen-bond donors (Lipinski definition) is 1. The summed E-state index contributed by atoms with van der Waals surface area (Å²) in [6, 6.07) is 11.1. The van der Waals surface area contributed by atoms with E-state index in [-0.39, 0.29) is 21.5 Å². The van der Waals surface area contributed by atoms with E-state index >= 15 is 0 Å². The predicted molar refractivity (Wildman–Crippen MR) is 133 cm³/mol. The molecule has 34 heavy (non-hydrogen) atoms. The minimum atomic E-state index is -4.53. The van der Waals surface area contributed by atoms with Crippen LogP contribution in [0.15, 0.2) is 59.2 Å². The number of carbonyl (C=O) groups excluding carboxylic acids is 1. The Bertz CT molecular complexity index is 1200. The number of allylic oxidation sites excluding steroid dienone is 1. The fourth-order valence-electron chi connectivity index (χ4n) is 3.25. The van der Waals surface area contributed by atoms with Gasteiger partial charge < -0.3 is 5.32 Å². The van der Waals surface area contributed by atoms with Gasteiger partial charge in [0.2, 0.25) is 0 Å². The molecule has 1 unspecified atom stereocenters. The van der Waals surface area contributed by atoms with E-state index in [1.807, 2.05) is 19.1 Å². The first-order valence-corrected chi connectivity index (χ1v) is 11.7. The van der Waals surface area contributed by atoms with Crippen LogP contribution in [0, 0.1) is 13.8 Å². The molecule has 0 aliphatic carbocycles. The number of aryl methyl sites for hydroxylation is 2. The minimum Gasteiger partial charge on any atom is -0.348 e. The van der Waals surface area contributed by atoms with Crippen molar-refractivity contribution in [2.24, 2.45) is 0 Å².